The predicted molar refractivity (Wildman–Crippen MR) is 106 cm³/mol. The van der Waals surface area contributed by atoms with Crippen LogP contribution in [-0.4, -0.2) is 29.4 Å². The predicted octanol–water partition coefficient (Wildman–Crippen LogP) is 3.43. The van der Waals surface area contributed by atoms with Gasteiger partial charge in [0.15, 0.2) is 5.78 Å². The van der Waals surface area contributed by atoms with Gasteiger partial charge in [-0.25, -0.2) is 4.90 Å². The maximum Gasteiger partial charge on any atom is 0.259 e. The van der Waals surface area contributed by atoms with Crippen LogP contribution in [-0.2, 0) is 14.4 Å². The van der Waals surface area contributed by atoms with Crippen LogP contribution >= 0.6 is 27.5 Å². The van der Waals surface area contributed by atoms with E-state index in [1.165, 1.54) is 11.9 Å². The second-order valence-corrected chi connectivity index (χ2v) is 7.63. The number of benzene rings is 2. The Morgan fingerprint density at radius 3 is 2.19 bits per heavy atom. The van der Waals surface area contributed by atoms with Gasteiger partial charge in [-0.1, -0.05) is 27.5 Å². The summed E-state index contributed by atoms with van der Waals surface area (Å²) in [5.74, 6) is -2.13. The second kappa shape index (κ2) is 6.58. The number of fused-ring (bicyclic) bond motifs is 1. The Hall–Kier alpha value is -2.51. The normalized spacial score (nSPS) is 21.5. The quantitative estimate of drug-likeness (QED) is 0.678. The molecule has 0 radical (unpaired) electrons. The molecule has 2 atom stereocenters. The molecule has 6 nitrogen and oxygen atoms in total. The molecule has 2 aliphatic heterocycles. The molecule has 0 aromatic heterocycles. The Balaban J connectivity index is 1.79. The molecule has 2 aliphatic rings. The lowest BCUT2D eigenvalue weighted by molar-refractivity contribution is -0.122. The highest BCUT2D eigenvalue weighted by atomic mass is 79.9. The van der Waals surface area contributed by atoms with Gasteiger partial charge in [-0.2, -0.15) is 5.10 Å². The molecule has 8 heteroatoms. The Kier molecular flexibility index (Phi) is 4.36. The summed E-state index contributed by atoms with van der Waals surface area (Å²) in [6.45, 7) is 1.35. The topological polar surface area (TPSA) is 70.1 Å². The van der Waals surface area contributed by atoms with Crippen molar-refractivity contribution in [2.75, 3.05) is 9.91 Å². The number of rotatable bonds is 3. The average Bonchev–Trinajstić information content (AvgIpc) is 3.15. The molecule has 0 saturated carbocycles. The van der Waals surface area contributed by atoms with E-state index < -0.39 is 23.8 Å². The number of ketones is 1. The van der Waals surface area contributed by atoms with Gasteiger partial charge in [0.1, 0.15) is 17.7 Å². The molecule has 2 aromatic carbocycles. The third-order valence-corrected chi connectivity index (χ3v) is 5.37. The third kappa shape index (κ3) is 2.87. The van der Waals surface area contributed by atoms with Crippen molar-refractivity contribution >= 4 is 62.2 Å². The summed E-state index contributed by atoms with van der Waals surface area (Å²) >= 11 is 9.27. The van der Waals surface area contributed by atoms with Crippen LogP contribution in [0.4, 0.5) is 11.4 Å². The summed E-state index contributed by atoms with van der Waals surface area (Å²) in [5, 5.41) is 6.27. The Morgan fingerprint density at radius 2 is 1.59 bits per heavy atom. The monoisotopic (exact) mass is 445 g/mol. The molecule has 27 heavy (non-hydrogen) atoms. The van der Waals surface area contributed by atoms with Gasteiger partial charge >= 0.3 is 0 Å². The minimum Gasteiger partial charge on any atom is -0.293 e. The summed E-state index contributed by atoms with van der Waals surface area (Å²) in [5.41, 5.74) is 1.14. The SMILES string of the molecule is CC(=O)C1=NN(c2ccc(Br)cc2)[C@@H]2C(=O)N(c3ccc(Cl)cc3)C(=O)[C@H]12. The Morgan fingerprint density at radius 1 is 1.00 bits per heavy atom. The van der Waals surface area contributed by atoms with Crippen LogP contribution in [0.2, 0.25) is 5.02 Å². The van der Waals surface area contributed by atoms with E-state index in [1.807, 2.05) is 12.1 Å². The van der Waals surface area contributed by atoms with Crippen molar-refractivity contribution in [3.8, 4) is 0 Å². The fourth-order valence-corrected chi connectivity index (χ4v) is 3.75. The number of carbonyl (C=O) groups is 3. The first-order valence-electron chi connectivity index (χ1n) is 8.16. The van der Waals surface area contributed by atoms with E-state index in [1.54, 1.807) is 36.4 Å². The van der Waals surface area contributed by atoms with Crippen molar-refractivity contribution in [2.24, 2.45) is 11.0 Å². The van der Waals surface area contributed by atoms with Gasteiger partial charge in [-0.15, -0.1) is 0 Å². The molecule has 1 fully saturated rings. The molecule has 2 aromatic rings. The first-order chi connectivity index (χ1) is 12.9. The molecule has 0 unspecified atom stereocenters. The molecule has 4 rings (SSSR count). The minimum absolute atomic E-state index is 0.0951. The standard InChI is InChI=1S/C19H13BrClN3O3/c1-10(25)16-15-17(24(22-16)14-6-2-11(20)3-7-14)19(27)23(18(15)26)13-8-4-12(21)5-9-13/h2-9,15,17H,1H3/t15-,17+/m1/s1. The van der Waals surface area contributed by atoms with Crippen LogP contribution in [0, 0.1) is 5.92 Å². The van der Waals surface area contributed by atoms with Crippen LogP contribution in [0.25, 0.3) is 0 Å². The summed E-state index contributed by atoms with van der Waals surface area (Å²) in [7, 11) is 0. The van der Waals surface area contributed by atoms with Gasteiger partial charge in [0.25, 0.3) is 5.91 Å². The van der Waals surface area contributed by atoms with Crippen LogP contribution in [0.3, 0.4) is 0 Å². The van der Waals surface area contributed by atoms with E-state index in [4.69, 9.17) is 11.6 Å². The van der Waals surface area contributed by atoms with Gasteiger partial charge < -0.3 is 0 Å². The zero-order valence-corrected chi connectivity index (χ0v) is 16.4. The number of halogens is 2. The zero-order chi connectivity index (χ0) is 19.3. The number of hydrogen-bond donors (Lipinski definition) is 0. The molecule has 0 N–H and O–H groups in total. The number of hydrogen-bond acceptors (Lipinski definition) is 5. The Bertz CT molecular complexity index is 988. The number of hydrazone groups is 1. The van der Waals surface area contributed by atoms with Gasteiger partial charge in [-0.05, 0) is 48.5 Å². The minimum atomic E-state index is -0.922. The first kappa shape index (κ1) is 17.9. The first-order valence-corrected chi connectivity index (χ1v) is 9.33. The molecule has 0 spiro atoms. The van der Waals surface area contributed by atoms with Crippen molar-refractivity contribution in [3.05, 3.63) is 58.0 Å². The largest absolute Gasteiger partial charge is 0.293 e. The van der Waals surface area contributed by atoms with Crippen molar-refractivity contribution < 1.29 is 14.4 Å². The fraction of sp³-hybridized carbons (Fsp3) is 0.158. The van der Waals surface area contributed by atoms with Crippen molar-refractivity contribution in [2.45, 2.75) is 13.0 Å². The Labute approximate surface area is 168 Å². The number of anilines is 2. The molecular formula is C19H13BrClN3O3. The number of imide groups is 1. The second-order valence-electron chi connectivity index (χ2n) is 6.27. The van der Waals surface area contributed by atoms with Crippen molar-refractivity contribution in [1.29, 1.82) is 0 Å². The van der Waals surface area contributed by atoms with E-state index >= 15 is 0 Å². The van der Waals surface area contributed by atoms with Crippen LogP contribution in [0.1, 0.15) is 6.92 Å². The van der Waals surface area contributed by atoms with Gasteiger partial charge in [0.2, 0.25) is 5.91 Å². The van der Waals surface area contributed by atoms with Gasteiger partial charge in [-0.3, -0.25) is 19.4 Å². The molecule has 0 aliphatic carbocycles. The highest BCUT2D eigenvalue weighted by Crippen LogP contribution is 2.38. The average molecular weight is 447 g/mol. The van der Waals surface area contributed by atoms with E-state index in [2.05, 4.69) is 21.0 Å². The number of Topliss-reactive ketones (excluding diaryl/α,β-unsaturated/α-hetero) is 1. The van der Waals surface area contributed by atoms with Crippen molar-refractivity contribution in [1.82, 2.24) is 0 Å². The summed E-state index contributed by atoms with van der Waals surface area (Å²) in [6, 6.07) is 12.7. The summed E-state index contributed by atoms with van der Waals surface area (Å²) < 4.78 is 0.870. The lowest BCUT2D eigenvalue weighted by atomic mass is 9.95. The number of carbonyl (C=O) groups excluding carboxylic acids is 3. The van der Waals surface area contributed by atoms with Gasteiger partial charge in [0, 0.05) is 16.4 Å². The van der Waals surface area contributed by atoms with Crippen molar-refractivity contribution in [3.63, 3.8) is 0 Å². The maximum absolute atomic E-state index is 13.1. The molecule has 136 valence electrons. The van der Waals surface area contributed by atoms with Gasteiger partial charge in [0.05, 0.1) is 11.4 Å². The molecule has 1 saturated heterocycles. The number of amides is 2. The summed E-state index contributed by atoms with van der Waals surface area (Å²) in [6.07, 6.45) is 0. The third-order valence-electron chi connectivity index (χ3n) is 4.59. The lowest BCUT2D eigenvalue weighted by Gasteiger charge is -2.22. The fourth-order valence-electron chi connectivity index (χ4n) is 3.36. The van der Waals surface area contributed by atoms with E-state index in [-0.39, 0.29) is 11.5 Å². The van der Waals surface area contributed by atoms with Crippen LogP contribution in [0.15, 0.2) is 58.1 Å². The zero-order valence-electron chi connectivity index (χ0n) is 14.1. The van der Waals surface area contributed by atoms with Crippen LogP contribution in [0.5, 0.6) is 0 Å². The molecule has 0 bridgehead atoms. The smallest absolute Gasteiger partial charge is 0.259 e. The number of nitrogens with zero attached hydrogens (tertiary/aromatic N) is 3. The lowest BCUT2D eigenvalue weighted by Crippen LogP contribution is -2.39. The maximum atomic E-state index is 13.1. The molecular weight excluding hydrogens is 434 g/mol. The molecule has 2 heterocycles. The van der Waals surface area contributed by atoms with E-state index in [0.717, 1.165) is 9.37 Å². The summed E-state index contributed by atoms with van der Waals surface area (Å²) in [4.78, 5) is 39.4. The highest BCUT2D eigenvalue weighted by Gasteiger charge is 2.58. The van der Waals surface area contributed by atoms with E-state index in [0.29, 0.717) is 16.4 Å². The van der Waals surface area contributed by atoms with E-state index in [9.17, 15) is 14.4 Å². The highest BCUT2D eigenvalue weighted by molar-refractivity contribution is 9.10. The molecule has 2 amide bonds. The van der Waals surface area contributed by atoms with Crippen LogP contribution < -0.4 is 9.91 Å².